The van der Waals surface area contributed by atoms with E-state index in [1.54, 1.807) is 15.9 Å². The van der Waals surface area contributed by atoms with Crippen LogP contribution in [0.3, 0.4) is 0 Å². The highest BCUT2D eigenvalue weighted by Gasteiger charge is 2.32. The number of aromatic nitrogens is 1. The maximum absolute atomic E-state index is 13.2. The summed E-state index contributed by atoms with van der Waals surface area (Å²) < 4.78 is 6.08. The second kappa shape index (κ2) is 7.52. The van der Waals surface area contributed by atoms with Gasteiger partial charge >= 0.3 is 0 Å². The summed E-state index contributed by atoms with van der Waals surface area (Å²) in [4.78, 5) is 33.9. The number of furan rings is 1. The molecule has 2 amide bonds. The molecule has 140 valence electrons. The Hall–Kier alpha value is -2.67. The van der Waals surface area contributed by atoms with Crippen molar-refractivity contribution < 1.29 is 14.0 Å². The fourth-order valence-electron chi connectivity index (χ4n) is 3.51. The number of hydrogen-bond acceptors (Lipinski definition) is 5. The minimum atomic E-state index is -0.207. The highest BCUT2D eigenvalue weighted by molar-refractivity contribution is 7.22. The standard InChI is InChI=1S/C20H21N3O3S/c1-2-23(20-21-16-7-3-4-8-17(16)27-20)19(25)14-6-5-10-22(12-14)18(24)15-9-11-26-13-15/h3-4,7-9,11,13-14H,2,5-6,10,12H2,1H3/t14-/m0/s1. The lowest BCUT2D eigenvalue weighted by Crippen LogP contribution is -2.46. The van der Waals surface area contributed by atoms with Crippen molar-refractivity contribution >= 4 is 38.5 Å². The first-order chi connectivity index (χ1) is 13.2. The first kappa shape index (κ1) is 17.7. The Morgan fingerprint density at radius 2 is 2.19 bits per heavy atom. The second-order valence-electron chi connectivity index (χ2n) is 6.65. The van der Waals surface area contributed by atoms with E-state index in [0.29, 0.717) is 25.2 Å². The largest absolute Gasteiger partial charge is 0.472 e. The highest BCUT2D eigenvalue weighted by atomic mass is 32.1. The van der Waals surface area contributed by atoms with Crippen LogP contribution in [-0.4, -0.2) is 41.3 Å². The number of hydrogen-bond donors (Lipinski definition) is 0. The van der Waals surface area contributed by atoms with E-state index in [-0.39, 0.29) is 17.7 Å². The van der Waals surface area contributed by atoms with Crippen LogP contribution in [0.5, 0.6) is 0 Å². The Kier molecular flexibility index (Phi) is 4.94. The molecule has 0 radical (unpaired) electrons. The predicted octanol–water partition coefficient (Wildman–Crippen LogP) is 3.79. The Morgan fingerprint density at radius 3 is 2.93 bits per heavy atom. The molecule has 0 unspecified atom stereocenters. The van der Waals surface area contributed by atoms with Crippen LogP contribution < -0.4 is 4.90 Å². The lowest BCUT2D eigenvalue weighted by molar-refractivity contribution is -0.123. The molecule has 2 aromatic heterocycles. The summed E-state index contributed by atoms with van der Waals surface area (Å²) >= 11 is 1.53. The van der Waals surface area contributed by atoms with E-state index in [2.05, 4.69) is 4.98 Å². The van der Waals surface area contributed by atoms with Crippen LogP contribution in [0.15, 0.2) is 47.3 Å². The van der Waals surface area contributed by atoms with Crippen LogP contribution in [0.2, 0.25) is 0 Å². The first-order valence-corrected chi connectivity index (χ1v) is 9.97. The molecule has 1 fully saturated rings. The monoisotopic (exact) mass is 383 g/mol. The Balaban J connectivity index is 1.52. The predicted molar refractivity (Wildman–Crippen MR) is 105 cm³/mol. The molecule has 1 atom stereocenters. The number of rotatable bonds is 4. The molecule has 1 aliphatic rings. The van der Waals surface area contributed by atoms with Gasteiger partial charge in [0.05, 0.1) is 28.0 Å². The van der Waals surface area contributed by atoms with Crippen LogP contribution in [0, 0.1) is 5.92 Å². The van der Waals surface area contributed by atoms with Crippen molar-refractivity contribution in [1.82, 2.24) is 9.88 Å². The molecule has 1 aliphatic heterocycles. The Morgan fingerprint density at radius 1 is 1.33 bits per heavy atom. The summed E-state index contributed by atoms with van der Waals surface area (Å²) in [7, 11) is 0. The molecule has 7 heteroatoms. The topological polar surface area (TPSA) is 66.7 Å². The van der Waals surface area contributed by atoms with Crippen LogP contribution >= 0.6 is 11.3 Å². The lowest BCUT2D eigenvalue weighted by Gasteiger charge is -2.34. The molecule has 3 aromatic rings. The number of carbonyl (C=O) groups excluding carboxylic acids is 2. The molecular formula is C20H21N3O3S. The van der Waals surface area contributed by atoms with Gasteiger partial charge in [-0.25, -0.2) is 4.98 Å². The number of likely N-dealkylation sites (tertiary alicyclic amines) is 1. The number of piperidine rings is 1. The molecule has 4 rings (SSSR count). The maximum atomic E-state index is 13.2. The first-order valence-electron chi connectivity index (χ1n) is 9.15. The minimum Gasteiger partial charge on any atom is -0.472 e. The van der Waals surface area contributed by atoms with E-state index < -0.39 is 0 Å². The van der Waals surface area contributed by atoms with Gasteiger partial charge in [-0.3, -0.25) is 14.5 Å². The molecule has 27 heavy (non-hydrogen) atoms. The third-order valence-electron chi connectivity index (χ3n) is 4.92. The van der Waals surface area contributed by atoms with Crippen molar-refractivity contribution in [2.24, 2.45) is 5.92 Å². The average Bonchev–Trinajstić information content (AvgIpc) is 3.38. The minimum absolute atomic E-state index is 0.0428. The molecule has 0 N–H and O–H groups in total. The van der Waals surface area contributed by atoms with E-state index >= 15 is 0 Å². The van der Waals surface area contributed by atoms with E-state index in [4.69, 9.17) is 4.42 Å². The summed E-state index contributed by atoms with van der Waals surface area (Å²) in [6.45, 7) is 3.62. The van der Waals surface area contributed by atoms with Crippen molar-refractivity contribution in [2.75, 3.05) is 24.5 Å². The summed E-state index contributed by atoms with van der Waals surface area (Å²) in [6, 6.07) is 9.56. The fourth-order valence-corrected chi connectivity index (χ4v) is 4.55. The number of thiazole rings is 1. The van der Waals surface area contributed by atoms with E-state index in [1.165, 1.54) is 23.9 Å². The second-order valence-corrected chi connectivity index (χ2v) is 7.66. The van der Waals surface area contributed by atoms with Gasteiger partial charge in [-0.05, 0) is 38.0 Å². The van der Waals surface area contributed by atoms with Gasteiger partial charge in [0.15, 0.2) is 5.13 Å². The van der Waals surface area contributed by atoms with Crippen LogP contribution in [0.4, 0.5) is 5.13 Å². The summed E-state index contributed by atoms with van der Waals surface area (Å²) in [5.74, 6) is -0.243. The van der Waals surface area contributed by atoms with Gasteiger partial charge in [-0.2, -0.15) is 0 Å². The van der Waals surface area contributed by atoms with Gasteiger partial charge in [0.2, 0.25) is 5.91 Å². The Bertz CT molecular complexity index is 917. The number of fused-ring (bicyclic) bond motifs is 1. The summed E-state index contributed by atoms with van der Waals surface area (Å²) in [6.07, 6.45) is 4.55. The smallest absolute Gasteiger partial charge is 0.257 e. The van der Waals surface area contributed by atoms with Crippen LogP contribution in [-0.2, 0) is 4.79 Å². The van der Waals surface area contributed by atoms with Crippen molar-refractivity contribution in [2.45, 2.75) is 19.8 Å². The quantitative estimate of drug-likeness (QED) is 0.687. The molecule has 1 aromatic carbocycles. The van der Waals surface area contributed by atoms with Crippen molar-refractivity contribution in [1.29, 1.82) is 0 Å². The lowest BCUT2D eigenvalue weighted by atomic mass is 9.96. The number of anilines is 1. The van der Waals surface area contributed by atoms with Crippen LogP contribution in [0.1, 0.15) is 30.1 Å². The zero-order chi connectivity index (χ0) is 18.8. The molecular weight excluding hydrogens is 362 g/mol. The molecule has 0 spiro atoms. The third kappa shape index (κ3) is 3.47. The van der Waals surface area contributed by atoms with Crippen molar-refractivity contribution in [3.63, 3.8) is 0 Å². The number of benzene rings is 1. The molecule has 0 bridgehead atoms. The Labute approximate surface area is 161 Å². The van der Waals surface area contributed by atoms with Crippen LogP contribution in [0.25, 0.3) is 10.2 Å². The van der Waals surface area contributed by atoms with E-state index in [0.717, 1.165) is 28.2 Å². The van der Waals surface area contributed by atoms with E-state index in [9.17, 15) is 9.59 Å². The number of para-hydroxylation sites is 1. The SMILES string of the molecule is CCN(C(=O)[C@H]1CCCN(C(=O)c2ccoc2)C1)c1nc2ccccc2s1. The highest BCUT2D eigenvalue weighted by Crippen LogP contribution is 2.30. The molecule has 0 saturated carbocycles. The maximum Gasteiger partial charge on any atom is 0.257 e. The number of carbonyl (C=O) groups is 2. The molecule has 3 heterocycles. The van der Waals surface area contributed by atoms with Gasteiger partial charge in [0.25, 0.3) is 5.91 Å². The van der Waals surface area contributed by atoms with Crippen molar-refractivity contribution in [3.05, 3.63) is 48.4 Å². The molecule has 6 nitrogen and oxygen atoms in total. The van der Waals surface area contributed by atoms with Crippen molar-refractivity contribution in [3.8, 4) is 0 Å². The third-order valence-corrected chi connectivity index (χ3v) is 5.98. The summed E-state index contributed by atoms with van der Waals surface area (Å²) in [5.41, 5.74) is 1.44. The fraction of sp³-hybridized carbons (Fsp3) is 0.350. The normalized spacial score (nSPS) is 17.2. The molecule has 0 aliphatic carbocycles. The van der Waals surface area contributed by atoms with Gasteiger partial charge in [-0.15, -0.1) is 0 Å². The zero-order valence-corrected chi connectivity index (χ0v) is 15.9. The molecule has 1 saturated heterocycles. The van der Waals surface area contributed by atoms with Gasteiger partial charge < -0.3 is 9.32 Å². The average molecular weight is 383 g/mol. The number of amides is 2. The van der Waals surface area contributed by atoms with Gasteiger partial charge in [0.1, 0.15) is 6.26 Å². The van der Waals surface area contributed by atoms with Gasteiger partial charge in [-0.1, -0.05) is 23.5 Å². The van der Waals surface area contributed by atoms with E-state index in [1.807, 2.05) is 31.2 Å². The number of nitrogens with zero attached hydrogens (tertiary/aromatic N) is 3. The zero-order valence-electron chi connectivity index (χ0n) is 15.1. The summed E-state index contributed by atoms with van der Waals surface area (Å²) in [5, 5.41) is 0.724. The van der Waals surface area contributed by atoms with Gasteiger partial charge in [0, 0.05) is 19.6 Å².